The lowest BCUT2D eigenvalue weighted by Gasteiger charge is -2.07. The molecular formula is C11H18N4O3S. The standard InChI is InChI=1S/C11H18N4O3S/c12-7-9-1-3-10(4-2-9)8-19(17,18)15-6-5-14-11(13)16/h1-4,15H,5-8,12H2,(H3,13,14,16). The van der Waals surface area contributed by atoms with Gasteiger partial charge in [0.2, 0.25) is 10.0 Å². The van der Waals surface area contributed by atoms with Gasteiger partial charge in [0.15, 0.2) is 0 Å². The molecule has 1 rings (SSSR count). The van der Waals surface area contributed by atoms with E-state index in [1.165, 1.54) is 0 Å². The number of urea groups is 1. The average Bonchev–Trinajstić information content (AvgIpc) is 2.35. The molecule has 0 aliphatic heterocycles. The van der Waals surface area contributed by atoms with Gasteiger partial charge in [0, 0.05) is 19.6 Å². The second-order valence-corrected chi connectivity index (χ2v) is 5.77. The van der Waals surface area contributed by atoms with E-state index in [1.54, 1.807) is 24.3 Å². The number of amides is 2. The quantitative estimate of drug-likeness (QED) is 0.491. The summed E-state index contributed by atoms with van der Waals surface area (Å²) in [4.78, 5) is 10.4. The molecule has 0 spiro atoms. The Morgan fingerprint density at radius 2 is 1.68 bits per heavy atom. The van der Waals surface area contributed by atoms with Gasteiger partial charge in [-0.05, 0) is 11.1 Å². The summed E-state index contributed by atoms with van der Waals surface area (Å²) in [6.45, 7) is 0.677. The van der Waals surface area contributed by atoms with Crippen molar-refractivity contribution in [2.24, 2.45) is 11.5 Å². The van der Waals surface area contributed by atoms with Crippen LogP contribution in [0.1, 0.15) is 11.1 Å². The van der Waals surface area contributed by atoms with Crippen molar-refractivity contribution in [3.63, 3.8) is 0 Å². The molecule has 0 aliphatic carbocycles. The van der Waals surface area contributed by atoms with Gasteiger partial charge in [-0.3, -0.25) is 0 Å². The molecule has 0 bridgehead atoms. The first-order valence-electron chi connectivity index (χ1n) is 5.71. The normalized spacial score (nSPS) is 11.2. The smallest absolute Gasteiger partial charge is 0.312 e. The van der Waals surface area contributed by atoms with Crippen LogP contribution in [-0.4, -0.2) is 27.5 Å². The van der Waals surface area contributed by atoms with E-state index in [4.69, 9.17) is 11.5 Å². The maximum Gasteiger partial charge on any atom is 0.312 e. The van der Waals surface area contributed by atoms with Crippen LogP contribution in [0, 0.1) is 0 Å². The molecule has 1 aromatic carbocycles. The van der Waals surface area contributed by atoms with Crippen molar-refractivity contribution in [2.45, 2.75) is 12.3 Å². The highest BCUT2D eigenvalue weighted by atomic mass is 32.2. The summed E-state index contributed by atoms with van der Waals surface area (Å²) in [6, 6.07) is 6.35. The van der Waals surface area contributed by atoms with E-state index >= 15 is 0 Å². The molecule has 8 heteroatoms. The second kappa shape index (κ2) is 7.07. The fourth-order valence-electron chi connectivity index (χ4n) is 1.43. The molecule has 0 fully saturated rings. The number of carbonyl (C=O) groups excluding carboxylic acids is 1. The number of hydrogen-bond acceptors (Lipinski definition) is 4. The van der Waals surface area contributed by atoms with Crippen molar-refractivity contribution in [3.05, 3.63) is 35.4 Å². The molecular weight excluding hydrogens is 268 g/mol. The molecule has 1 aromatic rings. The first kappa shape index (κ1) is 15.4. The summed E-state index contributed by atoms with van der Waals surface area (Å²) in [7, 11) is -3.43. The third kappa shape index (κ3) is 6.18. The molecule has 0 atom stereocenters. The fraction of sp³-hybridized carbons (Fsp3) is 0.364. The van der Waals surface area contributed by atoms with Crippen molar-refractivity contribution in [3.8, 4) is 0 Å². The minimum Gasteiger partial charge on any atom is -0.352 e. The number of primary amides is 1. The summed E-state index contributed by atoms with van der Waals surface area (Å²) in [5, 5.41) is 2.30. The average molecular weight is 286 g/mol. The van der Waals surface area contributed by atoms with Gasteiger partial charge in [-0.15, -0.1) is 0 Å². The Bertz CT molecular complexity index is 513. The number of carbonyl (C=O) groups is 1. The fourth-order valence-corrected chi connectivity index (χ4v) is 2.58. The lowest BCUT2D eigenvalue weighted by Crippen LogP contribution is -2.37. The van der Waals surface area contributed by atoms with Crippen LogP contribution in [-0.2, 0) is 22.3 Å². The second-order valence-electron chi connectivity index (χ2n) is 3.97. The molecule has 0 saturated heterocycles. The van der Waals surface area contributed by atoms with Crippen LogP contribution in [0.5, 0.6) is 0 Å². The van der Waals surface area contributed by atoms with Crippen LogP contribution in [0.2, 0.25) is 0 Å². The molecule has 19 heavy (non-hydrogen) atoms. The van der Waals surface area contributed by atoms with Gasteiger partial charge < -0.3 is 16.8 Å². The molecule has 2 amide bonds. The maximum atomic E-state index is 11.7. The number of rotatable bonds is 7. The van der Waals surface area contributed by atoms with Crippen molar-refractivity contribution in [1.82, 2.24) is 10.0 Å². The summed E-state index contributed by atoms with van der Waals surface area (Å²) in [6.07, 6.45) is 0. The first-order chi connectivity index (χ1) is 8.93. The van der Waals surface area contributed by atoms with E-state index in [0.717, 1.165) is 5.56 Å². The highest BCUT2D eigenvalue weighted by molar-refractivity contribution is 7.88. The minimum atomic E-state index is -3.43. The SMILES string of the molecule is NCc1ccc(CS(=O)(=O)NCCNC(N)=O)cc1. The number of hydrogen-bond donors (Lipinski definition) is 4. The van der Waals surface area contributed by atoms with Crippen molar-refractivity contribution in [2.75, 3.05) is 13.1 Å². The maximum absolute atomic E-state index is 11.7. The van der Waals surface area contributed by atoms with E-state index in [0.29, 0.717) is 12.1 Å². The molecule has 7 nitrogen and oxygen atoms in total. The van der Waals surface area contributed by atoms with Crippen LogP contribution in [0.15, 0.2) is 24.3 Å². The lowest BCUT2D eigenvalue weighted by molar-refractivity contribution is 0.249. The van der Waals surface area contributed by atoms with E-state index in [9.17, 15) is 13.2 Å². The number of benzene rings is 1. The Kier molecular flexibility index (Phi) is 5.74. The van der Waals surface area contributed by atoms with Gasteiger partial charge in [-0.25, -0.2) is 17.9 Å². The Labute approximate surface area is 112 Å². The predicted octanol–water partition coefficient (Wildman–Crippen LogP) is -0.767. The summed E-state index contributed by atoms with van der Waals surface area (Å²) in [5.74, 6) is -0.117. The van der Waals surface area contributed by atoms with Crippen LogP contribution < -0.4 is 21.5 Å². The highest BCUT2D eigenvalue weighted by Crippen LogP contribution is 2.07. The largest absolute Gasteiger partial charge is 0.352 e. The van der Waals surface area contributed by atoms with E-state index in [-0.39, 0.29) is 18.8 Å². The van der Waals surface area contributed by atoms with Crippen molar-refractivity contribution >= 4 is 16.1 Å². The van der Waals surface area contributed by atoms with Gasteiger partial charge in [0.1, 0.15) is 0 Å². The molecule has 0 radical (unpaired) electrons. The zero-order chi connectivity index (χ0) is 14.3. The zero-order valence-electron chi connectivity index (χ0n) is 10.4. The topological polar surface area (TPSA) is 127 Å². The lowest BCUT2D eigenvalue weighted by atomic mass is 10.1. The van der Waals surface area contributed by atoms with Gasteiger partial charge >= 0.3 is 6.03 Å². The Morgan fingerprint density at radius 1 is 1.11 bits per heavy atom. The van der Waals surface area contributed by atoms with E-state index in [1.807, 2.05) is 0 Å². The third-order valence-corrected chi connectivity index (χ3v) is 3.72. The molecule has 0 unspecified atom stereocenters. The van der Waals surface area contributed by atoms with Crippen LogP contribution >= 0.6 is 0 Å². The van der Waals surface area contributed by atoms with Crippen molar-refractivity contribution in [1.29, 1.82) is 0 Å². The van der Waals surface area contributed by atoms with Gasteiger partial charge in [0.05, 0.1) is 5.75 Å². The molecule has 6 N–H and O–H groups in total. The van der Waals surface area contributed by atoms with Gasteiger partial charge in [-0.1, -0.05) is 24.3 Å². The minimum absolute atomic E-state index is 0.103. The third-order valence-electron chi connectivity index (χ3n) is 2.36. The van der Waals surface area contributed by atoms with Crippen LogP contribution in [0.3, 0.4) is 0 Å². The van der Waals surface area contributed by atoms with Crippen LogP contribution in [0.25, 0.3) is 0 Å². The predicted molar refractivity (Wildman–Crippen MR) is 72.5 cm³/mol. The summed E-state index contributed by atoms with van der Waals surface area (Å²) >= 11 is 0. The Balaban J connectivity index is 2.46. The number of sulfonamides is 1. The first-order valence-corrected chi connectivity index (χ1v) is 7.37. The summed E-state index contributed by atoms with van der Waals surface area (Å²) < 4.78 is 25.8. The van der Waals surface area contributed by atoms with E-state index < -0.39 is 16.1 Å². The molecule has 0 aliphatic rings. The Morgan fingerprint density at radius 3 is 2.21 bits per heavy atom. The van der Waals surface area contributed by atoms with Gasteiger partial charge in [-0.2, -0.15) is 0 Å². The molecule has 0 heterocycles. The Hall–Kier alpha value is -1.64. The highest BCUT2D eigenvalue weighted by Gasteiger charge is 2.10. The van der Waals surface area contributed by atoms with Crippen molar-refractivity contribution < 1.29 is 13.2 Å². The monoisotopic (exact) mass is 286 g/mol. The molecule has 106 valence electrons. The van der Waals surface area contributed by atoms with Gasteiger partial charge in [0.25, 0.3) is 0 Å². The number of nitrogens with two attached hydrogens (primary N) is 2. The zero-order valence-corrected chi connectivity index (χ0v) is 11.2. The van der Waals surface area contributed by atoms with E-state index in [2.05, 4.69) is 10.0 Å². The number of nitrogens with one attached hydrogen (secondary N) is 2. The molecule has 0 aromatic heterocycles. The summed E-state index contributed by atoms with van der Waals surface area (Å²) in [5.41, 5.74) is 11.9. The molecule has 0 saturated carbocycles. The van der Waals surface area contributed by atoms with Crippen LogP contribution in [0.4, 0.5) is 4.79 Å².